The topological polar surface area (TPSA) is 43.8 Å². The first kappa shape index (κ1) is 13.0. The maximum atomic E-state index is 6.03. The zero-order chi connectivity index (χ0) is 13.6. The van der Waals surface area contributed by atoms with E-state index in [9.17, 15) is 0 Å². The maximum absolute atomic E-state index is 6.03. The van der Waals surface area contributed by atoms with Crippen molar-refractivity contribution in [3.63, 3.8) is 0 Å². The Labute approximate surface area is 131 Å². The van der Waals surface area contributed by atoms with Crippen LogP contribution >= 0.6 is 43.5 Å². The molecular formula is C13H8Br2ClN3. The molecule has 0 unspecified atom stereocenters. The molecule has 0 aliphatic rings. The van der Waals surface area contributed by atoms with E-state index in [0.717, 1.165) is 25.7 Å². The molecular weight excluding hydrogens is 393 g/mol. The predicted molar refractivity (Wildman–Crippen MR) is 85.9 cm³/mol. The number of hydrogen-bond donors (Lipinski definition) is 1. The van der Waals surface area contributed by atoms with E-state index in [1.165, 1.54) is 0 Å². The van der Waals surface area contributed by atoms with Crippen LogP contribution in [-0.4, -0.2) is 9.55 Å². The Morgan fingerprint density at radius 1 is 1.11 bits per heavy atom. The molecule has 3 nitrogen and oxygen atoms in total. The van der Waals surface area contributed by atoms with E-state index in [1.54, 1.807) is 0 Å². The molecule has 1 aromatic heterocycles. The van der Waals surface area contributed by atoms with Gasteiger partial charge < -0.3 is 5.73 Å². The minimum absolute atomic E-state index is 0.441. The number of benzene rings is 2. The Hall–Kier alpha value is -1.04. The molecule has 6 heteroatoms. The molecule has 0 radical (unpaired) electrons. The van der Waals surface area contributed by atoms with Crippen LogP contribution in [0.5, 0.6) is 0 Å². The molecule has 0 amide bonds. The van der Waals surface area contributed by atoms with Crippen molar-refractivity contribution in [3.05, 3.63) is 50.4 Å². The number of halogens is 3. The van der Waals surface area contributed by atoms with Crippen LogP contribution in [0.4, 0.5) is 5.95 Å². The molecule has 0 spiro atoms. The highest BCUT2D eigenvalue weighted by molar-refractivity contribution is 9.10. The first-order valence-corrected chi connectivity index (χ1v) is 7.41. The molecule has 0 saturated carbocycles. The highest BCUT2D eigenvalue weighted by atomic mass is 79.9. The Morgan fingerprint density at radius 2 is 1.89 bits per heavy atom. The number of fused-ring (bicyclic) bond motifs is 1. The first-order chi connectivity index (χ1) is 9.06. The van der Waals surface area contributed by atoms with Crippen LogP contribution in [0.3, 0.4) is 0 Å². The number of imidazole rings is 1. The van der Waals surface area contributed by atoms with E-state index in [2.05, 4.69) is 36.8 Å². The third-order valence-corrected chi connectivity index (χ3v) is 4.16. The fraction of sp³-hybridized carbons (Fsp3) is 0. The van der Waals surface area contributed by atoms with Crippen molar-refractivity contribution >= 4 is 60.4 Å². The van der Waals surface area contributed by atoms with Gasteiger partial charge in [0, 0.05) is 14.0 Å². The quantitative estimate of drug-likeness (QED) is 0.637. The van der Waals surface area contributed by atoms with Gasteiger partial charge in [-0.15, -0.1) is 0 Å². The summed E-state index contributed by atoms with van der Waals surface area (Å²) in [4.78, 5) is 4.37. The fourth-order valence-corrected chi connectivity index (χ4v) is 3.20. The summed E-state index contributed by atoms with van der Waals surface area (Å²) in [6.07, 6.45) is 0. The minimum Gasteiger partial charge on any atom is -0.369 e. The molecule has 0 aliphatic heterocycles. The lowest BCUT2D eigenvalue weighted by molar-refractivity contribution is 1.10. The average molecular weight is 401 g/mol. The van der Waals surface area contributed by atoms with Gasteiger partial charge in [-0.3, -0.25) is 4.57 Å². The van der Waals surface area contributed by atoms with Gasteiger partial charge in [0.1, 0.15) is 0 Å². The number of hydrogen-bond acceptors (Lipinski definition) is 2. The summed E-state index contributed by atoms with van der Waals surface area (Å²) in [6, 6.07) is 11.4. The molecule has 2 aromatic carbocycles. The standard InChI is InChI=1S/C13H8Br2ClN3/c14-7-1-3-12-10(5-7)18-13(17)19(12)11-4-2-8(16)6-9(11)15/h1-6H,(H2,17,18). The second-order valence-corrected chi connectivity index (χ2v) is 6.24. The lowest BCUT2D eigenvalue weighted by Gasteiger charge is -2.09. The van der Waals surface area contributed by atoms with Crippen molar-refractivity contribution in [3.8, 4) is 5.69 Å². The number of nitrogens with zero attached hydrogens (tertiary/aromatic N) is 2. The largest absolute Gasteiger partial charge is 0.369 e. The Bertz CT molecular complexity index is 783. The summed E-state index contributed by atoms with van der Waals surface area (Å²) in [5.74, 6) is 0.441. The zero-order valence-corrected chi connectivity index (χ0v) is 13.5. The van der Waals surface area contributed by atoms with E-state index < -0.39 is 0 Å². The van der Waals surface area contributed by atoms with Crippen molar-refractivity contribution in [1.29, 1.82) is 0 Å². The average Bonchev–Trinajstić information content (AvgIpc) is 2.65. The van der Waals surface area contributed by atoms with Gasteiger partial charge in [-0.25, -0.2) is 4.98 Å². The van der Waals surface area contributed by atoms with Crippen molar-refractivity contribution < 1.29 is 0 Å². The Balaban J connectivity index is 2.33. The molecule has 0 fully saturated rings. The van der Waals surface area contributed by atoms with E-state index in [1.807, 2.05) is 41.0 Å². The highest BCUT2D eigenvalue weighted by Gasteiger charge is 2.12. The second-order valence-electron chi connectivity index (χ2n) is 4.03. The van der Waals surface area contributed by atoms with Crippen LogP contribution < -0.4 is 5.73 Å². The van der Waals surface area contributed by atoms with Crippen LogP contribution in [0.15, 0.2) is 45.3 Å². The molecule has 96 valence electrons. The van der Waals surface area contributed by atoms with Gasteiger partial charge in [0.15, 0.2) is 0 Å². The number of nitrogens with two attached hydrogens (primary N) is 1. The van der Waals surface area contributed by atoms with Crippen LogP contribution in [0, 0.1) is 0 Å². The number of rotatable bonds is 1. The van der Waals surface area contributed by atoms with Crippen molar-refractivity contribution in [1.82, 2.24) is 9.55 Å². The predicted octanol–water partition coefficient (Wildman–Crippen LogP) is 4.79. The van der Waals surface area contributed by atoms with Gasteiger partial charge in [-0.2, -0.15) is 0 Å². The maximum Gasteiger partial charge on any atom is 0.205 e. The third-order valence-electron chi connectivity index (χ3n) is 2.79. The number of anilines is 1. The second kappa shape index (κ2) is 4.81. The molecule has 1 heterocycles. The van der Waals surface area contributed by atoms with Gasteiger partial charge in [0.05, 0.1) is 16.7 Å². The summed E-state index contributed by atoms with van der Waals surface area (Å²) < 4.78 is 3.73. The molecule has 2 N–H and O–H groups in total. The van der Waals surface area contributed by atoms with Crippen molar-refractivity contribution in [2.45, 2.75) is 0 Å². The monoisotopic (exact) mass is 399 g/mol. The summed E-state index contributed by atoms with van der Waals surface area (Å²) in [5.41, 5.74) is 8.72. The van der Waals surface area contributed by atoms with E-state index in [4.69, 9.17) is 17.3 Å². The van der Waals surface area contributed by atoms with E-state index >= 15 is 0 Å². The summed E-state index contributed by atoms with van der Waals surface area (Å²) in [5, 5.41) is 0.668. The third kappa shape index (κ3) is 2.26. The SMILES string of the molecule is Nc1nc2cc(Br)ccc2n1-c1ccc(Cl)cc1Br. The lowest BCUT2D eigenvalue weighted by Crippen LogP contribution is -2.01. The molecule has 0 saturated heterocycles. The lowest BCUT2D eigenvalue weighted by atomic mass is 10.3. The fourth-order valence-electron chi connectivity index (χ4n) is 1.99. The summed E-state index contributed by atoms with van der Waals surface area (Å²) in [7, 11) is 0. The molecule has 19 heavy (non-hydrogen) atoms. The Morgan fingerprint density at radius 3 is 2.63 bits per heavy atom. The number of nitrogen functional groups attached to an aromatic ring is 1. The van der Waals surface area contributed by atoms with Crippen LogP contribution in [0.2, 0.25) is 5.02 Å². The van der Waals surface area contributed by atoms with Gasteiger partial charge in [-0.1, -0.05) is 27.5 Å². The van der Waals surface area contributed by atoms with Crippen molar-refractivity contribution in [2.24, 2.45) is 0 Å². The molecule has 3 rings (SSSR count). The summed E-state index contributed by atoms with van der Waals surface area (Å²) >= 11 is 12.9. The van der Waals surface area contributed by atoms with E-state index in [0.29, 0.717) is 11.0 Å². The minimum atomic E-state index is 0.441. The van der Waals surface area contributed by atoms with E-state index in [-0.39, 0.29) is 0 Å². The zero-order valence-electron chi connectivity index (χ0n) is 9.57. The molecule has 0 bridgehead atoms. The summed E-state index contributed by atoms with van der Waals surface area (Å²) in [6.45, 7) is 0. The number of aromatic nitrogens is 2. The van der Waals surface area contributed by atoms with Gasteiger partial charge in [-0.05, 0) is 52.3 Å². The normalized spacial score (nSPS) is 11.1. The highest BCUT2D eigenvalue weighted by Crippen LogP contribution is 2.31. The van der Waals surface area contributed by atoms with Crippen molar-refractivity contribution in [2.75, 3.05) is 5.73 Å². The smallest absolute Gasteiger partial charge is 0.205 e. The molecule has 3 aromatic rings. The van der Waals surface area contributed by atoms with Crippen LogP contribution in [0.1, 0.15) is 0 Å². The first-order valence-electron chi connectivity index (χ1n) is 5.45. The van der Waals surface area contributed by atoms with Crippen LogP contribution in [0.25, 0.3) is 16.7 Å². The van der Waals surface area contributed by atoms with Crippen LogP contribution in [-0.2, 0) is 0 Å². The van der Waals surface area contributed by atoms with Gasteiger partial charge >= 0.3 is 0 Å². The van der Waals surface area contributed by atoms with Gasteiger partial charge in [0.25, 0.3) is 0 Å². The molecule has 0 atom stereocenters. The Kier molecular flexibility index (Phi) is 3.28. The van der Waals surface area contributed by atoms with Gasteiger partial charge in [0.2, 0.25) is 5.95 Å². The molecule has 0 aliphatic carbocycles.